The van der Waals surface area contributed by atoms with E-state index in [0.717, 1.165) is 23.5 Å². The lowest BCUT2D eigenvalue weighted by Crippen LogP contribution is -2.39. The number of carbonyl (C=O) groups is 1. The third kappa shape index (κ3) is 3.45. The highest BCUT2D eigenvalue weighted by molar-refractivity contribution is 5.78. The molecule has 1 aromatic rings. The summed E-state index contributed by atoms with van der Waals surface area (Å²) < 4.78 is 5.65. The van der Waals surface area contributed by atoms with Crippen LogP contribution in [0.2, 0.25) is 0 Å². The van der Waals surface area contributed by atoms with E-state index in [1.54, 1.807) is 0 Å². The molecule has 1 N–H and O–H groups in total. The highest BCUT2D eigenvalue weighted by atomic mass is 16.5. The maximum atomic E-state index is 12.1. The van der Waals surface area contributed by atoms with Crippen molar-refractivity contribution in [2.75, 3.05) is 13.1 Å². The Morgan fingerprint density at radius 2 is 2.15 bits per heavy atom. The van der Waals surface area contributed by atoms with E-state index < -0.39 is 5.41 Å². The lowest BCUT2D eigenvalue weighted by molar-refractivity contribution is -0.155. The predicted octanol–water partition coefficient (Wildman–Crippen LogP) is 2.33. The fourth-order valence-electron chi connectivity index (χ4n) is 2.02. The van der Waals surface area contributed by atoms with Crippen molar-refractivity contribution in [1.82, 2.24) is 10.3 Å². The number of hydrogen-bond acceptors (Lipinski definition) is 4. The van der Waals surface area contributed by atoms with Crippen molar-refractivity contribution >= 4 is 11.5 Å². The molecular weight excluding hydrogens is 252 g/mol. The summed E-state index contributed by atoms with van der Waals surface area (Å²) in [5.74, 6) is -0.190. The predicted molar refractivity (Wildman–Crippen MR) is 79.2 cm³/mol. The molecule has 1 aliphatic rings. The lowest BCUT2D eigenvalue weighted by atomic mass is 9.96. The van der Waals surface area contributed by atoms with Gasteiger partial charge >= 0.3 is 5.97 Å². The zero-order chi connectivity index (χ0) is 14.8. The summed E-state index contributed by atoms with van der Waals surface area (Å²) in [6.07, 6.45) is 1.77. The molecule has 1 aliphatic heterocycles. The van der Waals surface area contributed by atoms with Crippen molar-refractivity contribution in [3.05, 3.63) is 35.7 Å². The van der Waals surface area contributed by atoms with Crippen LogP contribution in [-0.4, -0.2) is 30.1 Å². The maximum Gasteiger partial charge on any atom is 0.311 e. The quantitative estimate of drug-likeness (QED) is 0.841. The lowest BCUT2D eigenvalue weighted by Gasteiger charge is -2.28. The minimum absolute atomic E-state index is 0.190. The third-order valence-corrected chi connectivity index (χ3v) is 3.19. The van der Waals surface area contributed by atoms with Gasteiger partial charge in [0.15, 0.2) is 0 Å². The number of nitrogens with one attached hydrogen (secondary N) is 1. The number of carbonyl (C=O) groups excluding carboxylic acids is 1. The molecule has 4 nitrogen and oxygen atoms in total. The Kier molecular flexibility index (Phi) is 4.23. The molecule has 108 valence electrons. The second-order valence-corrected chi connectivity index (χ2v) is 6.13. The Labute approximate surface area is 120 Å². The van der Waals surface area contributed by atoms with Crippen LogP contribution in [0.15, 0.2) is 24.3 Å². The van der Waals surface area contributed by atoms with Gasteiger partial charge in [0.2, 0.25) is 0 Å². The van der Waals surface area contributed by atoms with Crippen molar-refractivity contribution in [2.24, 2.45) is 5.41 Å². The van der Waals surface area contributed by atoms with Gasteiger partial charge in [-0.2, -0.15) is 0 Å². The molecule has 0 aromatic carbocycles. The summed E-state index contributed by atoms with van der Waals surface area (Å²) >= 11 is 0. The summed E-state index contributed by atoms with van der Waals surface area (Å²) in [5, 5.41) is 3.22. The number of rotatable bonds is 2. The number of hydrogen-bond donors (Lipinski definition) is 1. The van der Waals surface area contributed by atoms with Gasteiger partial charge in [-0.1, -0.05) is 12.1 Å². The van der Waals surface area contributed by atoms with Crippen molar-refractivity contribution in [3.8, 4) is 0 Å². The zero-order valence-electron chi connectivity index (χ0n) is 12.6. The van der Waals surface area contributed by atoms with Gasteiger partial charge in [-0.15, -0.1) is 0 Å². The van der Waals surface area contributed by atoms with Crippen molar-refractivity contribution < 1.29 is 9.53 Å². The van der Waals surface area contributed by atoms with Crippen LogP contribution >= 0.6 is 0 Å². The fourth-order valence-corrected chi connectivity index (χ4v) is 2.02. The maximum absolute atomic E-state index is 12.1. The van der Waals surface area contributed by atoms with Crippen LogP contribution in [0.5, 0.6) is 0 Å². The molecule has 0 fully saturated rings. The molecule has 2 rings (SSSR count). The second kappa shape index (κ2) is 5.75. The first-order valence-corrected chi connectivity index (χ1v) is 6.94. The first-order chi connectivity index (χ1) is 9.38. The molecule has 4 heteroatoms. The van der Waals surface area contributed by atoms with Crippen LogP contribution < -0.4 is 5.32 Å². The van der Waals surface area contributed by atoms with E-state index in [4.69, 9.17) is 4.74 Å². The van der Waals surface area contributed by atoms with Gasteiger partial charge in [0.05, 0.1) is 11.1 Å². The average molecular weight is 274 g/mol. The molecule has 1 aromatic heterocycles. The number of pyridine rings is 1. The fraction of sp³-hybridized carbons (Fsp3) is 0.500. The molecule has 0 amide bonds. The van der Waals surface area contributed by atoms with Crippen molar-refractivity contribution in [2.45, 2.75) is 33.8 Å². The van der Waals surface area contributed by atoms with Crippen LogP contribution in [0.1, 0.15) is 32.2 Å². The first-order valence-electron chi connectivity index (χ1n) is 6.94. The summed E-state index contributed by atoms with van der Waals surface area (Å²) in [6.45, 7) is 8.94. The van der Waals surface area contributed by atoms with Crippen molar-refractivity contribution in [3.63, 3.8) is 0 Å². The largest absolute Gasteiger partial charge is 0.456 e. The number of aryl methyl sites for hydroxylation is 1. The number of ether oxygens (including phenoxy) is 1. The SMILES string of the molecule is Cc1cccc(C2=CCNC[C@@H]2OC(=O)C(C)(C)C)n1. The minimum atomic E-state index is -0.497. The average Bonchev–Trinajstić information content (AvgIpc) is 2.38. The van der Waals surface area contributed by atoms with Gasteiger partial charge in [-0.05, 0) is 39.8 Å². The Hall–Kier alpha value is -1.68. The Bertz CT molecular complexity index is 530. The van der Waals surface area contributed by atoms with Gasteiger partial charge in [0.25, 0.3) is 0 Å². The Balaban J connectivity index is 2.22. The van der Waals surface area contributed by atoms with Crippen LogP contribution in [0.3, 0.4) is 0 Å². The van der Waals surface area contributed by atoms with E-state index in [2.05, 4.69) is 10.3 Å². The summed E-state index contributed by atoms with van der Waals surface area (Å²) in [6, 6.07) is 5.90. The van der Waals surface area contributed by atoms with Gasteiger partial charge < -0.3 is 10.1 Å². The summed E-state index contributed by atoms with van der Waals surface area (Å²) in [7, 11) is 0. The highest BCUT2D eigenvalue weighted by Crippen LogP contribution is 2.24. The van der Waals surface area contributed by atoms with Gasteiger partial charge in [-0.3, -0.25) is 9.78 Å². The molecule has 1 atom stereocenters. The van der Waals surface area contributed by atoms with Gasteiger partial charge in [0.1, 0.15) is 6.10 Å². The summed E-state index contributed by atoms with van der Waals surface area (Å²) in [5.41, 5.74) is 2.34. The molecular formula is C16H22N2O2. The molecule has 0 radical (unpaired) electrons. The van der Waals surface area contributed by atoms with Crippen LogP contribution in [0, 0.1) is 12.3 Å². The highest BCUT2D eigenvalue weighted by Gasteiger charge is 2.29. The molecule has 20 heavy (non-hydrogen) atoms. The van der Waals surface area contributed by atoms with E-state index in [9.17, 15) is 4.79 Å². The zero-order valence-corrected chi connectivity index (χ0v) is 12.6. The van der Waals surface area contributed by atoms with E-state index in [1.165, 1.54) is 0 Å². The van der Waals surface area contributed by atoms with E-state index in [0.29, 0.717) is 6.54 Å². The minimum Gasteiger partial charge on any atom is -0.456 e. The molecule has 0 unspecified atom stereocenters. The van der Waals surface area contributed by atoms with Crippen LogP contribution in [-0.2, 0) is 9.53 Å². The normalized spacial score (nSPS) is 19.4. The Morgan fingerprint density at radius 1 is 1.40 bits per heavy atom. The topological polar surface area (TPSA) is 51.2 Å². The Morgan fingerprint density at radius 3 is 2.80 bits per heavy atom. The molecule has 0 saturated carbocycles. The molecule has 0 aliphatic carbocycles. The van der Waals surface area contributed by atoms with Gasteiger partial charge in [-0.25, -0.2) is 0 Å². The second-order valence-electron chi connectivity index (χ2n) is 6.13. The standard InChI is InChI=1S/C16H22N2O2/c1-11-6-5-7-13(18-11)12-8-9-17-10-14(12)20-15(19)16(2,3)4/h5-8,14,17H,9-10H2,1-4H3/t14-/m0/s1. The number of esters is 1. The van der Waals surface area contributed by atoms with Crippen LogP contribution in [0.25, 0.3) is 5.57 Å². The number of nitrogens with zero attached hydrogens (tertiary/aromatic N) is 1. The van der Waals surface area contributed by atoms with Crippen LogP contribution in [0.4, 0.5) is 0 Å². The van der Waals surface area contributed by atoms with E-state index in [-0.39, 0.29) is 12.1 Å². The van der Waals surface area contributed by atoms with E-state index in [1.807, 2.05) is 52.0 Å². The van der Waals surface area contributed by atoms with E-state index >= 15 is 0 Å². The summed E-state index contributed by atoms with van der Waals surface area (Å²) in [4.78, 5) is 16.6. The van der Waals surface area contributed by atoms with Gasteiger partial charge in [0, 0.05) is 24.4 Å². The number of aromatic nitrogens is 1. The first kappa shape index (κ1) is 14.7. The molecule has 2 heterocycles. The third-order valence-electron chi connectivity index (χ3n) is 3.19. The molecule has 0 saturated heterocycles. The smallest absolute Gasteiger partial charge is 0.311 e. The van der Waals surface area contributed by atoms with Crippen molar-refractivity contribution in [1.29, 1.82) is 0 Å². The molecule has 0 spiro atoms. The molecule has 0 bridgehead atoms. The monoisotopic (exact) mass is 274 g/mol.